The van der Waals surface area contributed by atoms with Crippen molar-refractivity contribution in [1.29, 1.82) is 0 Å². The molecule has 1 amide bonds. The molecule has 2 aromatic rings. The third-order valence-corrected chi connectivity index (χ3v) is 6.08. The molecule has 1 spiro atoms. The number of fused-ring (bicyclic) bond motifs is 1. The van der Waals surface area contributed by atoms with Gasteiger partial charge in [-0.25, -0.2) is 0 Å². The summed E-state index contributed by atoms with van der Waals surface area (Å²) in [6.45, 7) is 5.45. The van der Waals surface area contributed by atoms with Crippen LogP contribution in [0.5, 0.6) is 11.5 Å². The monoisotopic (exact) mass is 393 g/mol. The van der Waals surface area contributed by atoms with Crippen molar-refractivity contribution in [2.24, 2.45) is 0 Å². The fourth-order valence-electron chi connectivity index (χ4n) is 4.19. The lowest BCUT2D eigenvalue weighted by molar-refractivity contribution is -0.00576. The Morgan fingerprint density at radius 2 is 1.79 bits per heavy atom. The summed E-state index contributed by atoms with van der Waals surface area (Å²) in [6.07, 6.45) is 1.65. The standard InChI is InChI=1S/C24H27NO4/c1-16(2)17-4-6-18(7-5-17)23(27)25-12-10-24(11-13-25)15-21(26)20-14-19(28-3)8-9-22(20)29-24/h4-9,14,16H,10-13,15H2,1-3H3. The molecule has 0 aliphatic carbocycles. The lowest BCUT2D eigenvalue weighted by atomic mass is 9.82. The highest BCUT2D eigenvalue weighted by molar-refractivity contribution is 6.01. The Balaban J connectivity index is 1.45. The van der Waals surface area contributed by atoms with Crippen molar-refractivity contribution in [2.75, 3.05) is 20.2 Å². The number of carbonyl (C=O) groups is 2. The Morgan fingerprint density at radius 1 is 1.10 bits per heavy atom. The van der Waals surface area contributed by atoms with Crippen LogP contribution in [0.4, 0.5) is 0 Å². The highest BCUT2D eigenvalue weighted by Gasteiger charge is 2.43. The number of methoxy groups -OCH3 is 1. The fraction of sp³-hybridized carbons (Fsp3) is 0.417. The minimum atomic E-state index is -0.517. The van der Waals surface area contributed by atoms with Crippen molar-refractivity contribution < 1.29 is 19.1 Å². The second-order valence-corrected chi connectivity index (χ2v) is 8.32. The SMILES string of the molecule is COc1ccc2c(c1)C(=O)CC1(CCN(C(=O)c3ccc(C(C)C)cc3)CC1)O2. The van der Waals surface area contributed by atoms with Gasteiger partial charge in [-0.05, 0) is 41.8 Å². The summed E-state index contributed by atoms with van der Waals surface area (Å²) in [5, 5.41) is 0. The molecule has 0 bridgehead atoms. The molecule has 1 fully saturated rings. The average Bonchev–Trinajstić information content (AvgIpc) is 2.73. The molecular weight excluding hydrogens is 366 g/mol. The smallest absolute Gasteiger partial charge is 0.253 e. The highest BCUT2D eigenvalue weighted by atomic mass is 16.5. The molecule has 0 saturated carbocycles. The second kappa shape index (κ2) is 7.54. The van der Waals surface area contributed by atoms with Gasteiger partial charge in [-0.1, -0.05) is 26.0 Å². The molecule has 0 atom stereocenters. The first-order valence-electron chi connectivity index (χ1n) is 10.2. The lowest BCUT2D eigenvalue weighted by Crippen LogP contribution is -2.52. The molecular formula is C24H27NO4. The predicted molar refractivity (Wildman–Crippen MR) is 111 cm³/mol. The van der Waals surface area contributed by atoms with Crippen LogP contribution in [0.15, 0.2) is 42.5 Å². The third-order valence-electron chi connectivity index (χ3n) is 6.08. The number of rotatable bonds is 3. The fourth-order valence-corrected chi connectivity index (χ4v) is 4.19. The van der Waals surface area contributed by atoms with Crippen LogP contribution in [0, 0.1) is 0 Å². The Labute approximate surface area is 171 Å². The largest absolute Gasteiger partial charge is 0.497 e. The molecule has 152 valence electrons. The van der Waals surface area contributed by atoms with Gasteiger partial charge in [0.1, 0.15) is 17.1 Å². The van der Waals surface area contributed by atoms with Crippen molar-refractivity contribution >= 4 is 11.7 Å². The number of Topliss-reactive ketones (excluding diaryl/α,β-unsaturated/α-hetero) is 1. The predicted octanol–water partition coefficient (Wildman–Crippen LogP) is 4.46. The van der Waals surface area contributed by atoms with Gasteiger partial charge >= 0.3 is 0 Å². The number of benzene rings is 2. The van der Waals surface area contributed by atoms with Crippen LogP contribution in [0.3, 0.4) is 0 Å². The van der Waals surface area contributed by atoms with Gasteiger partial charge in [0, 0.05) is 31.5 Å². The zero-order valence-electron chi connectivity index (χ0n) is 17.2. The number of hydrogen-bond donors (Lipinski definition) is 0. The maximum Gasteiger partial charge on any atom is 0.253 e. The van der Waals surface area contributed by atoms with Crippen molar-refractivity contribution in [2.45, 2.75) is 44.6 Å². The van der Waals surface area contributed by atoms with Crippen LogP contribution >= 0.6 is 0 Å². The summed E-state index contributed by atoms with van der Waals surface area (Å²) >= 11 is 0. The zero-order chi connectivity index (χ0) is 20.6. The summed E-state index contributed by atoms with van der Waals surface area (Å²) in [7, 11) is 1.58. The van der Waals surface area contributed by atoms with Gasteiger partial charge in [0.15, 0.2) is 5.78 Å². The van der Waals surface area contributed by atoms with E-state index in [2.05, 4.69) is 13.8 Å². The first-order valence-corrected chi connectivity index (χ1v) is 10.2. The maximum absolute atomic E-state index is 12.9. The van der Waals surface area contributed by atoms with E-state index in [1.807, 2.05) is 35.2 Å². The lowest BCUT2D eigenvalue weighted by Gasteiger charge is -2.44. The van der Waals surface area contributed by atoms with Gasteiger partial charge < -0.3 is 14.4 Å². The molecule has 2 aliphatic heterocycles. The van der Waals surface area contributed by atoms with Gasteiger partial charge in [-0.2, -0.15) is 0 Å². The molecule has 0 aromatic heterocycles. The van der Waals surface area contributed by atoms with Crippen molar-refractivity contribution in [3.05, 3.63) is 59.2 Å². The number of likely N-dealkylation sites (tertiary alicyclic amines) is 1. The highest BCUT2D eigenvalue weighted by Crippen LogP contribution is 2.40. The van der Waals surface area contributed by atoms with Crippen LogP contribution in [-0.2, 0) is 0 Å². The van der Waals surface area contributed by atoms with E-state index in [4.69, 9.17) is 9.47 Å². The van der Waals surface area contributed by atoms with Crippen LogP contribution < -0.4 is 9.47 Å². The topological polar surface area (TPSA) is 55.8 Å². The summed E-state index contributed by atoms with van der Waals surface area (Å²) in [4.78, 5) is 27.5. The Kier molecular flexibility index (Phi) is 5.07. The number of amides is 1. The van der Waals surface area contributed by atoms with Crippen molar-refractivity contribution in [1.82, 2.24) is 4.90 Å². The number of piperidine rings is 1. The second-order valence-electron chi connectivity index (χ2n) is 8.32. The van der Waals surface area contributed by atoms with E-state index in [0.717, 1.165) is 0 Å². The third kappa shape index (κ3) is 3.74. The molecule has 5 nitrogen and oxygen atoms in total. The Morgan fingerprint density at radius 3 is 2.41 bits per heavy atom. The number of nitrogens with zero attached hydrogens (tertiary/aromatic N) is 1. The van der Waals surface area contributed by atoms with Crippen molar-refractivity contribution in [3.63, 3.8) is 0 Å². The molecule has 2 heterocycles. The number of carbonyl (C=O) groups excluding carboxylic acids is 2. The molecule has 0 radical (unpaired) electrons. The van der Waals surface area contributed by atoms with Crippen molar-refractivity contribution in [3.8, 4) is 11.5 Å². The van der Waals surface area contributed by atoms with Gasteiger partial charge in [-0.3, -0.25) is 9.59 Å². The van der Waals surface area contributed by atoms with E-state index >= 15 is 0 Å². The molecule has 0 N–H and O–H groups in total. The zero-order valence-corrected chi connectivity index (χ0v) is 17.2. The minimum absolute atomic E-state index is 0.0439. The normalized spacial score (nSPS) is 17.8. The van der Waals surface area contributed by atoms with Gasteiger partial charge in [0.05, 0.1) is 19.1 Å². The number of ether oxygens (including phenoxy) is 2. The van der Waals surface area contributed by atoms with Crippen LogP contribution in [0.1, 0.15) is 65.3 Å². The minimum Gasteiger partial charge on any atom is -0.497 e. The Bertz CT molecular complexity index is 924. The summed E-state index contributed by atoms with van der Waals surface area (Å²) in [5.74, 6) is 1.83. The molecule has 0 unspecified atom stereocenters. The number of ketones is 1. The summed E-state index contributed by atoms with van der Waals surface area (Å²) in [5.41, 5.74) is 2.00. The van der Waals surface area contributed by atoms with Crippen LogP contribution in [0.2, 0.25) is 0 Å². The van der Waals surface area contributed by atoms with E-state index in [1.54, 1.807) is 19.2 Å². The van der Waals surface area contributed by atoms with Gasteiger partial charge in [-0.15, -0.1) is 0 Å². The van der Waals surface area contributed by atoms with E-state index in [1.165, 1.54) is 5.56 Å². The van der Waals surface area contributed by atoms with E-state index in [-0.39, 0.29) is 11.7 Å². The first-order chi connectivity index (χ1) is 13.9. The van der Waals surface area contributed by atoms with E-state index in [9.17, 15) is 9.59 Å². The molecule has 2 aromatic carbocycles. The Hall–Kier alpha value is -2.82. The quantitative estimate of drug-likeness (QED) is 0.773. The van der Waals surface area contributed by atoms with Crippen LogP contribution in [0.25, 0.3) is 0 Å². The first kappa shape index (κ1) is 19.5. The molecule has 4 rings (SSSR count). The van der Waals surface area contributed by atoms with E-state index < -0.39 is 5.60 Å². The molecule has 5 heteroatoms. The van der Waals surface area contributed by atoms with Gasteiger partial charge in [0.25, 0.3) is 5.91 Å². The van der Waals surface area contributed by atoms with Crippen LogP contribution in [-0.4, -0.2) is 42.4 Å². The maximum atomic E-state index is 12.9. The van der Waals surface area contributed by atoms with E-state index in [0.29, 0.717) is 60.9 Å². The molecule has 29 heavy (non-hydrogen) atoms. The number of hydrogen-bond acceptors (Lipinski definition) is 4. The summed E-state index contributed by atoms with van der Waals surface area (Å²) in [6, 6.07) is 13.2. The average molecular weight is 393 g/mol. The van der Waals surface area contributed by atoms with Gasteiger partial charge in [0.2, 0.25) is 0 Å². The molecule has 2 aliphatic rings. The molecule has 1 saturated heterocycles. The summed E-state index contributed by atoms with van der Waals surface area (Å²) < 4.78 is 11.5.